The molecular weight excluding hydrogens is 577 g/mol. The molecule has 0 unspecified atom stereocenters. The molecule has 2 atom stereocenters. The fourth-order valence-corrected chi connectivity index (χ4v) is 6.17. The number of thioether (sulfide) groups is 1. The van der Waals surface area contributed by atoms with E-state index in [1.54, 1.807) is 18.6 Å². The number of carbonyl (C=O) groups is 2. The van der Waals surface area contributed by atoms with Crippen LogP contribution in [0.25, 0.3) is 0 Å². The quantitative estimate of drug-likeness (QED) is 0.217. The Morgan fingerprint density at radius 3 is 2.16 bits per heavy atom. The van der Waals surface area contributed by atoms with Gasteiger partial charge in [0.25, 0.3) is 0 Å². The van der Waals surface area contributed by atoms with Crippen molar-refractivity contribution in [3.05, 3.63) is 114 Å². The molecule has 1 amide bonds. The molecule has 226 valence electrons. The van der Waals surface area contributed by atoms with Crippen LogP contribution in [0.5, 0.6) is 0 Å². The molecule has 4 heterocycles. The van der Waals surface area contributed by atoms with E-state index in [2.05, 4.69) is 25.2 Å². The molecule has 4 aromatic rings. The normalized spacial score (nSPS) is 16.5. The summed E-state index contributed by atoms with van der Waals surface area (Å²) < 4.78 is 5.49. The molecule has 0 bridgehead atoms. The second kappa shape index (κ2) is 15.6. The van der Waals surface area contributed by atoms with Crippen molar-refractivity contribution in [3.8, 4) is 0 Å². The molecule has 0 saturated carbocycles. The van der Waals surface area contributed by atoms with Crippen LogP contribution in [0.4, 0.5) is 5.69 Å². The number of amides is 1. The zero-order valence-corrected chi connectivity index (χ0v) is 24.9. The summed E-state index contributed by atoms with van der Waals surface area (Å²) >= 11 is 1.40. The van der Waals surface area contributed by atoms with Crippen LogP contribution in [0.1, 0.15) is 41.9 Å². The average Bonchev–Trinajstić information content (AvgIpc) is 3.01. The highest BCUT2D eigenvalue weighted by Crippen LogP contribution is 2.36. The molecular formula is C32H33BN5O5S-. The molecule has 0 radical (unpaired) electrons. The van der Waals surface area contributed by atoms with Gasteiger partial charge in [-0.2, -0.15) is 0 Å². The first-order chi connectivity index (χ1) is 21.4. The zero-order valence-electron chi connectivity index (χ0n) is 24.1. The molecule has 12 heteroatoms. The number of carboxylic acid groups (broad SMARTS) is 1. The van der Waals surface area contributed by atoms with E-state index in [0.29, 0.717) is 38.2 Å². The number of carboxylic acids is 1. The first-order valence-corrected chi connectivity index (χ1v) is 15.3. The molecule has 10 nitrogen and oxygen atoms in total. The Kier molecular flexibility index (Phi) is 11.1. The maximum absolute atomic E-state index is 13.0. The SMILES string of the molecule is O=C([O-])C[C@@H]1CC[C@H](Sc2ccccc2NC(=O)Cc2ccc(CN(Cc3ccccn3)Cc3ccccn3)nc2)B(O)O1. The number of aromatic nitrogens is 3. The highest BCUT2D eigenvalue weighted by atomic mass is 32.2. The summed E-state index contributed by atoms with van der Waals surface area (Å²) in [6, 6.07) is 23.0. The standard InChI is InChI=1S/C32H34BN5O5S/c39-31(37-28-9-1-2-10-29(28)44-30-14-13-27(18-32(40)41)43-33(30)42)17-23-11-12-26(36-19-23)22-38(20-24-7-3-5-15-34-24)21-25-8-4-6-16-35-25/h1-12,15-16,19,27,30,42H,13-14,17-18,20-22H2,(H,37,39)(H,40,41)/p-1/t27-,30-/m0/s1. The van der Waals surface area contributed by atoms with Crippen LogP contribution in [-0.4, -0.2) is 55.1 Å². The summed E-state index contributed by atoms with van der Waals surface area (Å²) in [5, 5.41) is 24.0. The molecule has 2 N–H and O–H groups in total. The molecule has 0 aliphatic carbocycles. The lowest BCUT2D eigenvalue weighted by Crippen LogP contribution is -2.43. The highest BCUT2D eigenvalue weighted by Gasteiger charge is 2.36. The largest absolute Gasteiger partial charge is 0.550 e. The van der Waals surface area contributed by atoms with Gasteiger partial charge in [-0.3, -0.25) is 24.6 Å². The summed E-state index contributed by atoms with van der Waals surface area (Å²) in [7, 11) is -1.12. The number of anilines is 1. The number of rotatable bonds is 13. The minimum Gasteiger partial charge on any atom is -0.550 e. The third kappa shape index (κ3) is 9.45. The van der Waals surface area contributed by atoms with Gasteiger partial charge >= 0.3 is 7.12 Å². The van der Waals surface area contributed by atoms with Gasteiger partial charge in [-0.15, -0.1) is 11.8 Å². The second-order valence-corrected chi connectivity index (χ2v) is 11.9. The fraction of sp³-hybridized carbons (Fsp3) is 0.281. The van der Waals surface area contributed by atoms with E-state index in [-0.39, 0.29) is 23.9 Å². The summed E-state index contributed by atoms with van der Waals surface area (Å²) in [6.45, 7) is 1.88. The Morgan fingerprint density at radius 1 is 0.909 bits per heavy atom. The van der Waals surface area contributed by atoms with Gasteiger partial charge in [0.15, 0.2) is 0 Å². The van der Waals surface area contributed by atoms with Gasteiger partial charge in [0.2, 0.25) is 5.91 Å². The number of benzene rings is 1. The van der Waals surface area contributed by atoms with Crippen LogP contribution in [-0.2, 0) is 40.3 Å². The van der Waals surface area contributed by atoms with Crippen LogP contribution >= 0.6 is 11.8 Å². The van der Waals surface area contributed by atoms with E-state index in [1.807, 2.05) is 72.8 Å². The van der Waals surface area contributed by atoms with Crippen LogP contribution in [0, 0.1) is 0 Å². The maximum Gasteiger partial charge on any atom is 0.468 e. The highest BCUT2D eigenvalue weighted by molar-refractivity contribution is 8.01. The summed E-state index contributed by atoms with van der Waals surface area (Å²) in [5.74, 6) is -1.39. The van der Waals surface area contributed by atoms with Crippen LogP contribution < -0.4 is 10.4 Å². The number of carbonyl (C=O) groups excluding carboxylic acids is 2. The van der Waals surface area contributed by atoms with Crippen molar-refractivity contribution >= 4 is 36.4 Å². The minimum atomic E-state index is -1.20. The molecule has 5 rings (SSSR count). The van der Waals surface area contributed by atoms with Gasteiger partial charge in [0.1, 0.15) is 0 Å². The maximum atomic E-state index is 13.0. The van der Waals surface area contributed by atoms with Crippen molar-refractivity contribution in [2.24, 2.45) is 0 Å². The van der Waals surface area contributed by atoms with E-state index in [1.165, 1.54) is 11.8 Å². The lowest BCUT2D eigenvalue weighted by molar-refractivity contribution is -0.307. The van der Waals surface area contributed by atoms with Crippen molar-refractivity contribution in [1.29, 1.82) is 0 Å². The van der Waals surface area contributed by atoms with E-state index in [0.717, 1.165) is 27.5 Å². The third-order valence-electron chi connectivity index (χ3n) is 7.12. The molecule has 0 spiro atoms. The number of nitrogens with one attached hydrogen (secondary N) is 1. The number of para-hydroxylation sites is 1. The minimum absolute atomic E-state index is 0.151. The third-order valence-corrected chi connectivity index (χ3v) is 8.50. The second-order valence-electron chi connectivity index (χ2n) is 10.6. The summed E-state index contributed by atoms with van der Waals surface area (Å²) in [5.41, 5.74) is 4.21. The Morgan fingerprint density at radius 2 is 1.57 bits per heavy atom. The van der Waals surface area contributed by atoms with Gasteiger partial charge < -0.3 is 24.9 Å². The molecule has 44 heavy (non-hydrogen) atoms. The number of hydrogen-bond donors (Lipinski definition) is 2. The molecule has 1 aliphatic rings. The van der Waals surface area contributed by atoms with Crippen molar-refractivity contribution in [2.45, 2.75) is 61.5 Å². The zero-order chi connectivity index (χ0) is 30.7. The smallest absolute Gasteiger partial charge is 0.468 e. The molecule has 1 saturated heterocycles. The van der Waals surface area contributed by atoms with Crippen LogP contribution in [0.2, 0.25) is 0 Å². The number of hydrogen-bond acceptors (Lipinski definition) is 10. The molecule has 1 fully saturated rings. The molecule has 3 aromatic heterocycles. The van der Waals surface area contributed by atoms with Gasteiger partial charge in [-0.05, 0) is 60.9 Å². The predicted octanol–water partition coefficient (Wildman–Crippen LogP) is 3.05. The number of nitrogens with zero attached hydrogens (tertiary/aromatic N) is 4. The molecule has 1 aliphatic heterocycles. The van der Waals surface area contributed by atoms with E-state index in [9.17, 15) is 19.7 Å². The van der Waals surface area contributed by atoms with Gasteiger partial charge in [0, 0.05) is 66.8 Å². The first-order valence-electron chi connectivity index (χ1n) is 14.5. The van der Waals surface area contributed by atoms with Crippen molar-refractivity contribution < 1.29 is 24.4 Å². The van der Waals surface area contributed by atoms with Crippen molar-refractivity contribution in [2.75, 3.05) is 5.32 Å². The first kappa shape index (κ1) is 31.3. The van der Waals surface area contributed by atoms with Crippen LogP contribution in [0.15, 0.2) is 96.3 Å². The van der Waals surface area contributed by atoms with Gasteiger partial charge in [-0.1, -0.05) is 30.3 Å². The number of aliphatic carboxylic acids is 1. The monoisotopic (exact) mass is 610 g/mol. The van der Waals surface area contributed by atoms with Gasteiger partial charge in [0.05, 0.1) is 29.2 Å². The van der Waals surface area contributed by atoms with Crippen molar-refractivity contribution in [1.82, 2.24) is 19.9 Å². The van der Waals surface area contributed by atoms with E-state index < -0.39 is 19.2 Å². The Labute approximate surface area is 261 Å². The predicted molar refractivity (Wildman–Crippen MR) is 166 cm³/mol. The number of pyridine rings is 3. The van der Waals surface area contributed by atoms with Gasteiger partial charge in [-0.25, -0.2) is 0 Å². The fourth-order valence-electron chi connectivity index (χ4n) is 5.01. The summed E-state index contributed by atoms with van der Waals surface area (Å²) in [4.78, 5) is 40.5. The topological polar surface area (TPSA) is 141 Å². The lowest BCUT2D eigenvalue weighted by atomic mass is 9.77. The van der Waals surface area contributed by atoms with Crippen molar-refractivity contribution in [3.63, 3.8) is 0 Å². The average molecular weight is 611 g/mol. The van der Waals surface area contributed by atoms with Crippen LogP contribution in [0.3, 0.4) is 0 Å². The Bertz CT molecular complexity index is 1480. The summed E-state index contributed by atoms with van der Waals surface area (Å²) in [6.07, 6.45) is 5.72. The molecule has 1 aromatic carbocycles. The van der Waals surface area contributed by atoms with E-state index in [4.69, 9.17) is 4.65 Å². The van der Waals surface area contributed by atoms with E-state index >= 15 is 0 Å². The Balaban J connectivity index is 1.17. The lowest BCUT2D eigenvalue weighted by Gasteiger charge is -2.31. The Hall–Kier alpha value is -4.10.